The first-order valence-electron chi connectivity index (χ1n) is 7.69. The summed E-state index contributed by atoms with van der Waals surface area (Å²) in [5, 5.41) is 0. The fourth-order valence-electron chi connectivity index (χ4n) is 2.78. The lowest BCUT2D eigenvalue weighted by atomic mass is 9.86. The average molecular weight is 287 g/mol. The molecule has 0 unspecified atom stereocenters. The molecule has 1 fully saturated rings. The van der Waals surface area contributed by atoms with Gasteiger partial charge in [-0.05, 0) is 42.9 Å². The van der Waals surface area contributed by atoms with E-state index in [4.69, 9.17) is 0 Å². The van der Waals surface area contributed by atoms with Gasteiger partial charge in [0, 0.05) is 24.6 Å². The number of ketones is 1. The zero-order valence-electron chi connectivity index (χ0n) is 13.5. The summed E-state index contributed by atoms with van der Waals surface area (Å²) in [6.07, 6.45) is 1.59. The Labute approximate surface area is 127 Å². The molecule has 0 saturated carbocycles. The van der Waals surface area contributed by atoms with Gasteiger partial charge in [0.2, 0.25) is 0 Å². The largest absolute Gasteiger partial charge is 0.339 e. The van der Waals surface area contributed by atoms with Crippen LogP contribution in [0.1, 0.15) is 56.5 Å². The lowest BCUT2D eigenvalue weighted by molar-refractivity contribution is -0.121. The molecule has 0 aliphatic carbocycles. The number of carbonyl (C=O) groups is 2. The Kier molecular flexibility index (Phi) is 4.50. The number of amides is 1. The van der Waals surface area contributed by atoms with E-state index in [0.717, 1.165) is 18.4 Å². The number of Topliss-reactive ketones (excluding diaryl/α,β-unsaturated/α-hetero) is 1. The molecule has 1 aromatic rings. The van der Waals surface area contributed by atoms with Gasteiger partial charge in [-0.25, -0.2) is 0 Å². The van der Waals surface area contributed by atoms with Gasteiger partial charge in [-0.15, -0.1) is 0 Å². The monoisotopic (exact) mass is 287 g/mol. The minimum atomic E-state index is 0.0810. The molecule has 0 atom stereocenters. The second-order valence-electron chi connectivity index (χ2n) is 7.00. The number of hydrogen-bond acceptors (Lipinski definition) is 2. The van der Waals surface area contributed by atoms with Crippen molar-refractivity contribution in [3.8, 4) is 0 Å². The van der Waals surface area contributed by atoms with E-state index in [-0.39, 0.29) is 23.0 Å². The van der Waals surface area contributed by atoms with Gasteiger partial charge in [0.15, 0.2) is 0 Å². The first kappa shape index (κ1) is 15.7. The van der Waals surface area contributed by atoms with E-state index in [1.807, 2.05) is 29.2 Å². The number of carbonyl (C=O) groups excluding carboxylic acids is 2. The molecule has 0 radical (unpaired) electrons. The molecule has 1 saturated heterocycles. The normalized spacial score (nSPS) is 16.9. The van der Waals surface area contributed by atoms with Gasteiger partial charge < -0.3 is 4.90 Å². The second kappa shape index (κ2) is 6.00. The third kappa shape index (κ3) is 3.72. The highest BCUT2D eigenvalue weighted by molar-refractivity contribution is 5.94. The first-order valence-corrected chi connectivity index (χ1v) is 7.69. The van der Waals surface area contributed by atoms with E-state index < -0.39 is 0 Å². The van der Waals surface area contributed by atoms with Crippen molar-refractivity contribution in [2.24, 2.45) is 5.92 Å². The third-order valence-corrected chi connectivity index (χ3v) is 4.35. The summed E-state index contributed by atoms with van der Waals surface area (Å²) in [6.45, 7) is 9.50. The molecule has 3 heteroatoms. The van der Waals surface area contributed by atoms with Crippen molar-refractivity contribution in [3.05, 3.63) is 35.4 Å². The molecule has 1 aromatic carbocycles. The standard InChI is InChI=1S/C18H25NO2/c1-13(20)14-9-11-19(12-10-14)17(21)15-5-7-16(8-6-15)18(2,3)4/h5-8,14H,9-12H2,1-4H3. The van der Waals surface area contributed by atoms with Gasteiger partial charge in [-0.3, -0.25) is 9.59 Å². The smallest absolute Gasteiger partial charge is 0.253 e. The van der Waals surface area contributed by atoms with Crippen LogP contribution in [0.3, 0.4) is 0 Å². The van der Waals surface area contributed by atoms with Crippen molar-refractivity contribution in [3.63, 3.8) is 0 Å². The average Bonchev–Trinajstić information content (AvgIpc) is 2.46. The maximum atomic E-state index is 12.5. The lowest BCUT2D eigenvalue weighted by Crippen LogP contribution is -2.39. The summed E-state index contributed by atoms with van der Waals surface area (Å²) in [7, 11) is 0. The van der Waals surface area contributed by atoms with Crippen LogP contribution in [0, 0.1) is 5.92 Å². The number of benzene rings is 1. The summed E-state index contributed by atoms with van der Waals surface area (Å²) < 4.78 is 0. The van der Waals surface area contributed by atoms with Crippen LogP contribution in [0.5, 0.6) is 0 Å². The fraction of sp³-hybridized carbons (Fsp3) is 0.556. The van der Waals surface area contributed by atoms with Crippen LogP contribution in [0.25, 0.3) is 0 Å². The van der Waals surface area contributed by atoms with Crippen LogP contribution < -0.4 is 0 Å². The van der Waals surface area contributed by atoms with Crippen LogP contribution in [-0.2, 0) is 10.2 Å². The quantitative estimate of drug-likeness (QED) is 0.835. The Hall–Kier alpha value is -1.64. The van der Waals surface area contributed by atoms with E-state index in [1.54, 1.807) is 6.92 Å². The molecule has 114 valence electrons. The zero-order valence-corrected chi connectivity index (χ0v) is 13.5. The minimum Gasteiger partial charge on any atom is -0.339 e. The molecule has 0 bridgehead atoms. The predicted molar refractivity (Wildman–Crippen MR) is 84.5 cm³/mol. The molecular weight excluding hydrogens is 262 g/mol. The van der Waals surface area contributed by atoms with Crippen molar-refractivity contribution in [1.29, 1.82) is 0 Å². The van der Waals surface area contributed by atoms with Crippen LogP contribution in [0.4, 0.5) is 0 Å². The highest BCUT2D eigenvalue weighted by atomic mass is 16.2. The van der Waals surface area contributed by atoms with Crippen LogP contribution in [0.2, 0.25) is 0 Å². The van der Waals surface area contributed by atoms with Crippen LogP contribution in [-0.4, -0.2) is 29.7 Å². The lowest BCUT2D eigenvalue weighted by Gasteiger charge is -2.31. The summed E-state index contributed by atoms with van der Waals surface area (Å²) in [4.78, 5) is 25.7. The van der Waals surface area contributed by atoms with E-state index in [2.05, 4.69) is 20.8 Å². The molecule has 0 aromatic heterocycles. The van der Waals surface area contributed by atoms with E-state index >= 15 is 0 Å². The molecule has 1 amide bonds. The minimum absolute atomic E-state index is 0.0810. The number of hydrogen-bond donors (Lipinski definition) is 0. The highest BCUT2D eigenvalue weighted by Gasteiger charge is 2.26. The van der Waals surface area contributed by atoms with Gasteiger partial charge >= 0.3 is 0 Å². The Morgan fingerprint density at radius 3 is 2.00 bits per heavy atom. The van der Waals surface area contributed by atoms with Crippen molar-refractivity contribution in [2.75, 3.05) is 13.1 Å². The number of rotatable bonds is 2. The van der Waals surface area contributed by atoms with Crippen molar-refractivity contribution >= 4 is 11.7 Å². The maximum Gasteiger partial charge on any atom is 0.253 e. The maximum absolute atomic E-state index is 12.5. The topological polar surface area (TPSA) is 37.4 Å². The van der Waals surface area contributed by atoms with E-state index in [0.29, 0.717) is 13.1 Å². The third-order valence-electron chi connectivity index (χ3n) is 4.35. The Balaban J connectivity index is 2.03. The first-order chi connectivity index (χ1) is 9.79. The Morgan fingerprint density at radius 2 is 1.57 bits per heavy atom. The SMILES string of the molecule is CC(=O)C1CCN(C(=O)c2ccc(C(C)(C)C)cc2)CC1. The van der Waals surface area contributed by atoms with Crippen molar-refractivity contribution in [1.82, 2.24) is 4.90 Å². The second-order valence-corrected chi connectivity index (χ2v) is 7.00. The Bertz CT molecular complexity index is 517. The van der Waals surface area contributed by atoms with Gasteiger partial charge in [0.05, 0.1) is 0 Å². The fourth-order valence-corrected chi connectivity index (χ4v) is 2.78. The number of nitrogens with zero attached hydrogens (tertiary/aromatic N) is 1. The zero-order chi connectivity index (χ0) is 15.6. The van der Waals surface area contributed by atoms with Gasteiger partial charge in [-0.2, -0.15) is 0 Å². The summed E-state index contributed by atoms with van der Waals surface area (Å²) in [6, 6.07) is 7.91. The van der Waals surface area contributed by atoms with Crippen molar-refractivity contribution < 1.29 is 9.59 Å². The van der Waals surface area contributed by atoms with Gasteiger partial charge in [0.25, 0.3) is 5.91 Å². The number of likely N-dealkylation sites (tertiary alicyclic amines) is 1. The summed E-state index contributed by atoms with van der Waals surface area (Å²) in [5.74, 6) is 0.464. The number of piperidine rings is 1. The highest BCUT2D eigenvalue weighted by Crippen LogP contribution is 2.24. The molecule has 0 N–H and O–H groups in total. The molecular formula is C18H25NO2. The van der Waals surface area contributed by atoms with E-state index in [9.17, 15) is 9.59 Å². The molecule has 1 aliphatic heterocycles. The molecule has 0 spiro atoms. The molecule has 2 rings (SSSR count). The molecule has 1 aliphatic rings. The van der Waals surface area contributed by atoms with E-state index in [1.165, 1.54) is 5.56 Å². The van der Waals surface area contributed by atoms with Gasteiger partial charge in [-0.1, -0.05) is 32.9 Å². The molecule has 1 heterocycles. The molecule has 3 nitrogen and oxygen atoms in total. The summed E-state index contributed by atoms with van der Waals surface area (Å²) in [5.41, 5.74) is 2.07. The van der Waals surface area contributed by atoms with Crippen LogP contribution >= 0.6 is 0 Å². The Morgan fingerprint density at radius 1 is 1.05 bits per heavy atom. The summed E-state index contributed by atoms with van der Waals surface area (Å²) >= 11 is 0. The predicted octanol–water partition coefficient (Wildman–Crippen LogP) is 3.43. The van der Waals surface area contributed by atoms with Crippen molar-refractivity contribution in [2.45, 2.75) is 46.0 Å². The van der Waals surface area contributed by atoms with Gasteiger partial charge in [0.1, 0.15) is 5.78 Å². The van der Waals surface area contributed by atoms with Crippen LogP contribution in [0.15, 0.2) is 24.3 Å². The molecule has 21 heavy (non-hydrogen) atoms.